The minimum absolute atomic E-state index is 0.163. The lowest BCUT2D eigenvalue weighted by Crippen LogP contribution is -2.47. The van der Waals surface area contributed by atoms with Crippen LogP contribution in [0.15, 0.2) is 53.5 Å². The normalized spacial score (nSPS) is 18.1. The second kappa shape index (κ2) is 9.75. The summed E-state index contributed by atoms with van der Waals surface area (Å²) in [6, 6.07) is 14.7. The number of hydrogen-bond donors (Lipinski definition) is 2. The Balaban J connectivity index is 1.40. The van der Waals surface area contributed by atoms with Crippen LogP contribution >= 0.6 is 23.8 Å². The number of nitrogens with one attached hydrogen (secondary N) is 2. The SMILES string of the molecule is COc1ccc(N2C(=S)NC(=NCCOC(=O)Nc3ccc(Cl)cc3)C23CCCC3)cc1. The van der Waals surface area contributed by atoms with E-state index in [1.807, 2.05) is 24.3 Å². The van der Waals surface area contributed by atoms with Gasteiger partial charge in [0.05, 0.1) is 13.7 Å². The zero-order valence-electron chi connectivity index (χ0n) is 17.8. The number of carbonyl (C=O) groups excluding carboxylic acids is 1. The molecule has 1 saturated heterocycles. The number of aliphatic imine (C=N–C) groups is 1. The van der Waals surface area contributed by atoms with Gasteiger partial charge in [0.15, 0.2) is 5.11 Å². The summed E-state index contributed by atoms with van der Waals surface area (Å²) in [5.74, 6) is 1.65. The Morgan fingerprint density at radius 1 is 1.19 bits per heavy atom. The van der Waals surface area contributed by atoms with E-state index in [1.54, 1.807) is 31.4 Å². The molecule has 0 atom stereocenters. The third-order valence-corrected chi connectivity index (χ3v) is 6.28. The molecule has 168 valence electrons. The smallest absolute Gasteiger partial charge is 0.411 e. The summed E-state index contributed by atoms with van der Waals surface area (Å²) in [6.07, 6.45) is 3.61. The minimum atomic E-state index is -0.530. The van der Waals surface area contributed by atoms with Gasteiger partial charge in [-0.25, -0.2) is 4.79 Å². The van der Waals surface area contributed by atoms with Gasteiger partial charge in [0.2, 0.25) is 0 Å². The fourth-order valence-corrected chi connectivity index (χ4v) is 4.76. The first-order chi connectivity index (χ1) is 15.5. The number of nitrogens with zero attached hydrogens (tertiary/aromatic N) is 2. The average Bonchev–Trinajstić information content (AvgIpc) is 3.38. The van der Waals surface area contributed by atoms with Crippen molar-refractivity contribution in [3.63, 3.8) is 0 Å². The highest BCUT2D eigenvalue weighted by atomic mass is 35.5. The van der Waals surface area contributed by atoms with Crippen LogP contribution in [-0.2, 0) is 4.74 Å². The van der Waals surface area contributed by atoms with Crippen LogP contribution < -0.4 is 20.3 Å². The Bertz CT molecular complexity index is 1000. The number of rotatable bonds is 6. The molecule has 2 fully saturated rings. The van der Waals surface area contributed by atoms with Gasteiger partial charge < -0.3 is 19.7 Å². The van der Waals surface area contributed by atoms with Crippen LogP contribution in [0.3, 0.4) is 0 Å². The van der Waals surface area contributed by atoms with Crippen molar-refractivity contribution in [1.82, 2.24) is 5.32 Å². The Labute approximate surface area is 197 Å². The van der Waals surface area contributed by atoms with Gasteiger partial charge in [-0.2, -0.15) is 0 Å². The monoisotopic (exact) mass is 472 g/mol. The molecule has 2 N–H and O–H groups in total. The first-order valence-electron chi connectivity index (χ1n) is 10.5. The molecule has 9 heteroatoms. The molecule has 1 amide bonds. The van der Waals surface area contributed by atoms with E-state index < -0.39 is 6.09 Å². The Morgan fingerprint density at radius 2 is 1.88 bits per heavy atom. The van der Waals surface area contributed by atoms with Crippen LogP contribution in [0.5, 0.6) is 5.75 Å². The van der Waals surface area contributed by atoms with Crippen molar-refractivity contribution < 1.29 is 14.3 Å². The van der Waals surface area contributed by atoms with Crippen LogP contribution in [0.4, 0.5) is 16.2 Å². The number of thiocarbonyl (C=S) groups is 1. The summed E-state index contributed by atoms with van der Waals surface area (Å²) in [5.41, 5.74) is 1.35. The molecule has 1 spiro atoms. The molecule has 0 bridgehead atoms. The second-order valence-corrected chi connectivity index (χ2v) is 8.52. The van der Waals surface area contributed by atoms with E-state index in [-0.39, 0.29) is 12.1 Å². The fourth-order valence-electron chi connectivity index (χ4n) is 4.26. The molecule has 1 heterocycles. The molecule has 32 heavy (non-hydrogen) atoms. The van der Waals surface area contributed by atoms with Gasteiger partial charge in [-0.05, 0) is 73.6 Å². The molecule has 4 rings (SSSR count). The third-order valence-electron chi connectivity index (χ3n) is 5.74. The zero-order valence-corrected chi connectivity index (χ0v) is 19.3. The van der Waals surface area contributed by atoms with Crippen molar-refractivity contribution in [3.8, 4) is 5.75 Å². The van der Waals surface area contributed by atoms with Gasteiger partial charge in [0, 0.05) is 16.4 Å². The number of amidine groups is 1. The third kappa shape index (κ3) is 4.66. The Hall–Kier alpha value is -2.84. The quantitative estimate of drug-likeness (QED) is 0.455. The predicted molar refractivity (Wildman–Crippen MR) is 131 cm³/mol. The van der Waals surface area contributed by atoms with Crippen molar-refractivity contribution in [2.24, 2.45) is 4.99 Å². The lowest BCUT2D eigenvalue weighted by molar-refractivity contribution is 0.165. The van der Waals surface area contributed by atoms with E-state index in [2.05, 4.69) is 15.5 Å². The van der Waals surface area contributed by atoms with Crippen LogP contribution in [0, 0.1) is 0 Å². The van der Waals surface area contributed by atoms with Crippen LogP contribution in [0.2, 0.25) is 5.02 Å². The number of anilines is 2. The lowest BCUT2D eigenvalue weighted by Gasteiger charge is -2.34. The van der Waals surface area contributed by atoms with Gasteiger partial charge in [-0.1, -0.05) is 24.4 Å². The summed E-state index contributed by atoms with van der Waals surface area (Å²) < 4.78 is 10.6. The minimum Gasteiger partial charge on any atom is -0.497 e. The van der Waals surface area contributed by atoms with E-state index >= 15 is 0 Å². The highest BCUT2D eigenvalue weighted by molar-refractivity contribution is 7.80. The van der Waals surface area contributed by atoms with Crippen LogP contribution in [-0.4, -0.2) is 42.8 Å². The highest BCUT2D eigenvalue weighted by Crippen LogP contribution is 2.42. The topological polar surface area (TPSA) is 75.2 Å². The maximum absolute atomic E-state index is 12.0. The molecule has 0 aromatic heterocycles. The van der Waals surface area contributed by atoms with Crippen molar-refractivity contribution in [1.29, 1.82) is 0 Å². The van der Waals surface area contributed by atoms with Gasteiger partial charge in [0.1, 0.15) is 23.7 Å². The molecule has 1 aliphatic heterocycles. The van der Waals surface area contributed by atoms with E-state index in [0.717, 1.165) is 43.0 Å². The fraction of sp³-hybridized carbons (Fsp3) is 0.348. The number of amides is 1. The molecule has 2 aromatic carbocycles. The number of hydrogen-bond acceptors (Lipinski definition) is 5. The molecule has 2 aliphatic rings. The van der Waals surface area contributed by atoms with Gasteiger partial charge in [-0.3, -0.25) is 10.3 Å². The number of ether oxygens (including phenoxy) is 2. The standard InChI is InChI=1S/C23H25ClN4O3S/c1-30-19-10-8-18(9-11-19)28-21(32)27-20(23(28)12-2-3-13-23)25-14-15-31-22(29)26-17-6-4-16(24)5-7-17/h4-11H,2-3,12-15H2,1H3,(H,26,29)(H,25,27,32). The predicted octanol–water partition coefficient (Wildman–Crippen LogP) is 5.00. The van der Waals surface area contributed by atoms with Crippen LogP contribution in [0.25, 0.3) is 0 Å². The summed E-state index contributed by atoms with van der Waals surface area (Å²) in [4.78, 5) is 18.9. The number of halogens is 1. The molecule has 1 aliphatic carbocycles. The van der Waals surface area contributed by atoms with E-state index in [4.69, 9.17) is 38.3 Å². The average molecular weight is 473 g/mol. The molecule has 1 saturated carbocycles. The van der Waals surface area contributed by atoms with Gasteiger partial charge in [-0.15, -0.1) is 0 Å². The molecule has 7 nitrogen and oxygen atoms in total. The maximum atomic E-state index is 12.0. The van der Waals surface area contributed by atoms with Gasteiger partial charge in [0.25, 0.3) is 0 Å². The molecule has 0 unspecified atom stereocenters. The zero-order chi connectivity index (χ0) is 22.6. The molecule has 0 radical (unpaired) electrons. The van der Waals surface area contributed by atoms with Crippen molar-refractivity contribution in [3.05, 3.63) is 53.6 Å². The Kier molecular flexibility index (Phi) is 6.81. The van der Waals surface area contributed by atoms with Gasteiger partial charge >= 0.3 is 6.09 Å². The maximum Gasteiger partial charge on any atom is 0.411 e. The first-order valence-corrected chi connectivity index (χ1v) is 11.3. The second-order valence-electron chi connectivity index (χ2n) is 7.70. The van der Waals surface area contributed by atoms with E-state index in [0.29, 0.717) is 22.4 Å². The highest BCUT2D eigenvalue weighted by Gasteiger charge is 2.51. The first kappa shape index (κ1) is 22.4. The lowest BCUT2D eigenvalue weighted by atomic mass is 9.94. The summed E-state index contributed by atoms with van der Waals surface area (Å²) in [5, 5.41) is 7.21. The molecule has 2 aromatic rings. The van der Waals surface area contributed by atoms with E-state index in [9.17, 15) is 4.79 Å². The largest absolute Gasteiger partial charge is 0.497 e. The summed E-state index contributed by atoms with van der Waals surface area (Å²) >= 11 is 11.5. The summed E-state index contributed by atoms with van der Waals surface area (Å²) in [6.45, 7) is 0.507. The van der Waals surface area contributed by atoms with Crippen molar-refractivity contribution in [2.75, 3.05) is 30.5 Å². The van der Waals surface area contributed by atoms with Crippen LogP contribution in [0.1, 0.15) is 25.7 Å². The number of benzene rings is 2. The number of carbonyl (C=O) groups is 1. The molecular formula is C23H25ClN4O3S. The number of methoxy groups -OCH3 is 1. The Morgan fingerprint density at radius 3 is 2.53 bits per heavy atom. The molecular weight excluding hydrogens is 448 g/mol. The summed E-state index contributed by atoms with van der Waals surface area (Å²) in [7, 11) is 1.65. The van der Waals surface area contributed by atoms with Crippen molar-refractivity contribution in [2.45, 2.75) is 31.2 Å². The van der Waals surface area contributed by atoms with E-state index in [1.165, 1.54) is 0 Å². The van der Waals surface area contributed by atoms with Crippen molar-refractivity contribution >= 4 is 52.2 Å².